The highest BCUT2D eigenvalue weighted by atomic mass is 35.5. The third kappa shape index (κ3) is 2.96. The predicted octanol–water partition coefficient (Wildman–Crippen LogP) is 2.84. The molecule has 1 aliphatic rings. The fourth-order valence-electron chi connectivity index (χ4n) is 3.34. The van der Waals surface area contributed by atoms with Gasteiger partial charge in [0.25, 0.3) is 5.56 Å². The Balaban J connectivity index is 1.68. The molecule has 0 aliphatic carbocycles. The molecule has 25 heavy (non-hydrogen) atoms. The maximum Gasteiger partial charge on any atom is 0.264 e. The lowest BCUT2D eigenvalue weighted by atomic mass is 10.2. The van der Waals surface area contributed by atoms with Gasteiger partial charge in [-0.25, -0.2) is 9.67 Å². The van der Waals surface area contributed by atoms with Gasteiger partial charge in [-0.1, -0.05) is 23.7 Å². The Bertz CT molecular complexity index is 991. The molecule has 6 nitrogen and oxygen atoms in total. The van der Waals surface area contributed by atoms with Crippen molar-refractivity contribution >= 4 is 22.6 Å². The molecule has 3 heterocycles. The Morgan fingerprint density at radius 1 is 1.28 bits per heavy atom. The van der Waals surface area contributed by atoms with Crippen LogP contribution in [0.15, 0.2) is 35.3 Å². The van der Waals surface area contributed by atoms with Crippen LogP contribution >= 0.6 is 11.6 Å². The first-order valence-electron chi connectivity index (χ1n) is 8.46. The van der Waals surface area contributed by atoms with Gasteiger partial charge in [0.05, 0.1) is 12.7 Å². The van der Waals surface area contributed by atoms with Gasteiger partial charge in [-0.3, -0.25) is 14.3 Å². The van der Waals surface area contributed by atoms with Crippen molar-refractivity contribution in [2.24, 2.45) is 0 Å². The number of halogens is 1. The number of rotatable bonds is 3. The van der Waals surface area contributed by atoms with Crippen LogP contribution in [0.1, 0.15) is 31.3 Å². The van der Waals surface area contributed by atoms with Crippen LogP contribution in [0, 0.1) is 0 Å². The molecule has 1 aromatic carbocycles. The van der Waals surface area contributed by atoms with E-state index in [1.807, 2.05) is 36.7 Å². The Kier molecular flexibility index (Phi) is 4.09. The summed E-state index contributed by atoms with van der Waals surface area (Å²) in [6.45, 7) is 6.96. The molecular formula is C18H20ClN5O. The van der Waals surface area contributed by atoms with Crippen molar-refractivity contribution in [3.8, 4) is 0 Å². The largest absolute Gasteiger partial charge is 0.294 e. The Morgan fingerprint density at radius 2 is 2.12 bits per heavy atom. The molecule has 1 aliphatic heterocycles. The lowest BCUT2D eigenvalue weighted by Gasteiger charge is -2.29. The first-order chi connectivity index (χ1) is 12.0. The van der Waals surface area contributed by atoms with Gasteiger partial charge in [0.1, 0.15) is 11.2 Å². The van der Waals surface area contributed by atoms with Crippen LogP contribution in [-0.2, 0) is 19.6 Å². The standard InChI is InChI=1S/C18H20ClN5O/c1-12(2)24-17-15(9-20-24)18(25)23-7-6-22(11-16(23)21-17)10-13-4-3-5-14(19)8-13/h3-5,8-9,12H,6-7,10-11H2,1-2H3. The molecule has 2 aromatic heterocycles. The van der Waals surface area contributed by atoms with E-state index < -0.39 is 0 Å². The van der Waals surface area contributed by atoms with Crippen molar-refractivity contribution in [2.45, 2.75) is 39.5 Å². The number of hydrogen-bond donors (Lipinski definition) is 0. The molecule has 7 heteroatoms. The fraction of sp³-hybridized carbons (Fsp3) is 0.389. The van der Waals surface area contributed by atoms with E-state index in [0.717, 1.165) is 29.5 Å². The van der Waals surface area contributed by atoms with Crippen molar-refractivity contribution in [3.63, 3.8) is 0 Å². The zero-order valence-corrected chi connectivity index (χ0v) is 15.1. The van der Waals surface area contributed by atoms with Gasteiger partial charge in [0, 0.05) is 30.7 Å². The minimum atomic E-state index is 0.00862. The summed E-state index contributed by atoms with van der Waals surface area (Å²) in [4.78, 5) is 19.8. The van der Waals surface area contributed by atoms with E-state index in [9.17, 15) is 4.79 Å². The zero-order chi connectivity index (χ0) is 17.6. The van der Waals surface area contributed by atoms with Gasteiger partial charge < -0.3 is 0 Å². The average molecular weight is 358 g/mol. The minimum Gasteiger partial charge on any atom is -0.294 e. The van der Waals surface area contributed by atoms with E-state index in [4.69, 9.17) is 16.6 Å². The second-order valence-electron chi connectivity index (χ2n) is 6.75. The number of benzene rings is 1. The molecule has 0 fully saturated rings. The van der Waals surface area contributed by atoms with Crippen LogP contribution in [0.3, 0.4) is 0 Å². The maximum absolute atomic E-state index is 12.8. The third-order valence-corrected chi connectivity index (χ3v) is 4.82. The Morgan fingerprint density at radius 3 is 2.88 bits per heavy atom. The van der Waals surface area contributed by atoms with Gasteiger partial charge >= 0.3 is 0 Å². The summed E-state index contributed by atoms with van der Waals surface area (Å²) >= 11 is 6.08. The van der Waals surface area contributed by atoms with Crippen molar-refractivity contribution in [3.05, 3.63) is 57.2 Å². The zero-order valence-electron chi connectivity index (χ0n) is 14.3. The van der Waals surface area contributed by atoms with Gasteiger partial charge in [-0.2, -0.15) is 5.10 Å². The summed E-state index contributed by atoms with van der Waals surface area (Å²) in [6.07, 6.45) is 1.64. The molecule has 0 N–H and O–H groups in total. The highest BCUT2D eigenvalue weighted by Crippen LogP contribution is 2.18. The van der Waals surface area contributed by atoms with Crippen LogP contribution in [0.25, 0.3) is 11.0 Å². The van der Waals surface area contributed by atoms with E-state index in [0.29, 0.717) is 24.1 Å². The van der Waals surface area contributed by atoms with E-state index in [2.05, 4.69) is 16.1 Å². The first kappa shape index (κ1) is 16.3. The lowest BCUT2D eigenvalue weighted by molar-refractivity contribution is 0.204. The van der Waals surface area contributed by atoms with Gasteiger partial charge in [-0.05, 0) is 31.5 Å². The first-order valence-corrected chi connectivity index (χ1v) is 8.84. The molecule has 3 aromatic rings. The van der Waals surface area contributed by atoms with Crippen molar-refractivity contribution in [2.75, 3.05) is 6.54 Å². The van der Waals surface area contributed by atoms with E-state index in [1.165, 1.54) is 0 Å². The monoisotopic (exact) mass is 357 g/mol. The average Bonchev–Trinajstić information content (AvgIpc) is 2.99. The summed E-state index contributed by atoms with van der Waals surface area (Å²) in [7, 11) is 0. The summed E-state index contributed by atoms with van der Waals surface area (Å²) in [5, 5.41) is 5.68. The van der Waals surface area contributed by atoms with Crippen molar-refractivity contribution in [1.82, 2.24) is 24.2 Å². The van der Waals surface area contributed by atoms with Crippen LogP contribution < -0.4 is 5.56 Å². The van der Waals surface area contributed by atoms with Crippen LogP contribution in [0.2, 0.25) is 5.02 Å². The van der Waals surface area contributed by atoms with Gasteiger partial charge in [0.15, 0.2) is 5.65 Å². The molecule has 4 rings (SSSR count). The molecular weight excluding hydrogens is 338 g/mol. The maximum atomic E-state index is 12.8. The molecule has 0 radical (unpaired) electrons. The Hall–Kier alpha value is -2.18. The molecule has 0 bridgehead atoms. The second-order valence-corrected chi connectivity index (χ2v) is 7.18. The third-order valence-electron chi connectivity index (χ3n) is 4.58. The van der Waals surface area contributed by atoms with E-state index in [1.54, 1.807) is 10.8 Å². The highest BCUT2D eigenvalue weighted by Gasteiger charge is 2.22. The van der Waals surface area contributed by atoms with Crippen molar-refractivity contribution < 1.29 is 0 Å². The smallest absolute Gasteiger partial charge is 0.264 e. The summed E-state index contributed by atoms with van der Waals surface area (Å²) in [6, 6.07) is 8.05. The van der Waals surface area contributed by atoms with Crippen LogP contribution in [-0.4, -0.2) is 30.8 Å². The van der Waals surface area contributed by atoms with Crippen molar-refractivity contribution in [1.29, 1.82) is 0 Å². The number of nitrogens with zero attached hydrogens (tertiary/aromatic N) is 5. The second kappa shape index (κ2) is 6.28. The summed E-state index contributed by atoms with van der Waals surface area (Å²) in [5.41, 5.74) is 1.85. The quantitative estimate of drug-likeness (QED) is 0.723. The summed E-state index contributed by atoms with van der Waals surface area (Å²) < 4.78 is 3.59. The lowest BCUT2D eigenvalue weighted by Crippen LogP contribution is -2.39. The molecule has 0 amide bonds. The molecule has 0 spiro atoms. The van der Waals surface area contributed by atoms with E-state index >= 15 is 0 Å². The predicted molar refractivity (Wildman–Crippen MR) is 97.7 cm³/mol. The van der Waals surface area contributed by atoms with Gasteiger partial charge in [-0.15, -0.1) is 0 Å². The fourth-order valence-corrected chi connectivity index (χ4v) is 3.55. The SMILES string of the molecule is CC(C)n1ncc2c(=O)n3c(nc21)CN(Cc1cccc(Cl)c1)CC3. The summed E-state index contributed by atoms with van der Waals surface area (Å²) in [5.74, 6) is 0.799. The minimum absolute atomic E-state index is 0.00862. The van der Waals surface area contributed by atoms with Crippen LogP contribution in [0.5, 0.6) is 0 Å². The topological polar surface area (TPSA) is 56.0 Å². The van der Waals surface area contributed by atoms with Crippen LogP contribution in [0.4, 0.5) is 0 Å². The number of hydrogen-bond acceptors (Lipinski definition) is 4. The molecule has 0 unspecified atom stereocenters. The highest BCUT2D eigenvalue weighted by molar-refractivity contribution is 6.30. The molecule has 0 atom stereocenters. The van der Waals surface area contributed by atoms with E-state index in [-0.39, 0.29) is 11.6 Å². The molecule has 0 saturated carbocycles. The van der Waals surface area contributed by atoms with Gasteiger partial charge in [0.2, 0.25) is 0 Å². The Labute approximate surface area is 150 Å². The number of aromatic nitrogens is 4. The molecule has 130 valence electrons. The normalized spacial score (nSPS) is 15.0. The molecule has 0 saturated heterocycles. The number of fused-ring (bicyclic) bond motifs is 2.